The second-order valence-corrected chi connectivity index (χ2v) is 8.18. The van der Waals surface area contributed by atoms with E-state index >= 15 is 0 Å². The third-order valence-corrected chi connectivity index (χ3v) is 5.21. The van der Waals surface area contributed by atoms with Gasteiger partial charge in [0.05, 0.1) is 6.04 Å². The van der Waals surface area contributed by atoms with E-state index in [9.17, 15) is 4.79 Å². The minimum atomic E-state index is -0.522. The van der Waals surface area contributed by atoms with Crippen molar-refractivity contribution in [3.63, 3.8) is 0 Å². The summed E-state index contributed by atoms with van der Waals surface area (Å²) in [6, 6.07) is 14.0. The van der Waals surface area contributed by atoms with Crippen molar-refractivity contribution in [2.45, 2.75) is 71.6 Å². The molecule has 0 spiro atoms. The molecule has 0 saturated heterocycles. The number of nitrogens with one attached hydrogen (secondary N) is 1. The Labute approximate surface area is 168 Å². The van der Waals surface area contributed by atoms with Gasteiger partial charge in [0.2, 0.25) is 0 Å². The molecule has 2 atom stereocenters. The molecule has 0 aliphatic carbocycles. The first-order valence-corrected chi connectivity index (χ1v) is 10.2. The summed E-state index contributed by atoms with van der Waals surface area (Å²) in [7, 11) is 0. The number of hydrogen-bond acceptors (Lipinski definition) is 3. The van der Waals surface area contributed by atoms with Crippen molar-refractivity contribution in [3.05, 3.63) is 59.2 Å². The van der Waals surface area contributed by atoms with Gasteiger partial charge in [0.1, 0.15) is 17.1 Å². The van der Waals surface area contributed by atoms with Crippen LogP contribution in [0.2, 0.25) is 0 Å². The highest BCUT2D eigenvalue weighted by Crippen LogP contribution is 2.40. The second-order valence-electron chi connectivity index (χ2n) is 8.18. The maximum atomic E-state index is 13.0. The van der Waals surface area contributed by atoms with Crippen LogP contribution in [0.5, 0.6) is 11.5 Å². The summed E-state index contributed by atoms with van der Waals surface area (Å²) >= 11 is 0. The third-order valence-electron chi connectivity index (χ3n) is 5.21. The second kappa shape index (κ2) is 8.26. The van der Waals surface area contributed by atoms with Crippen LogP contribution in [-0.4, -0.2) is 17.6 Å². The van der Waals surface area contributed by atoms with Crippen LogP contribution < -0.4 is 14.8 Å². The Morgan fingerprint density at radius 3 is 2.57 bits per heavy atom. The van der Waals surface area contributed by atoms with Crippen LogP contribution in [0.3, 0.4) is 0 Å². The quantitative estimate of drug-likeness (QED) is 0.754. The van der Waals surface area contributed by atoms with Crippen LogP contribution in [0.25, 0.3) is 0 Å². The number of aryl methyl sites for hydroxylation is 2. The average Bonchev–Trinajstić information content (AvgIpc) is 2.66. The number of carbonyl (C=O) groups is 1. The molecule has 0 radical (unpaired) electrons. The lowest BCUT2D eigenvalue weighted by atomic mass is 9.88. The van der Waals surface area contributed by atoms with Crippen molar-refractivity contribution >= 4 is 5.91 Å². The van der Waals surface area contributed by atoms with E-state index in [-0.39, 0.29) is 17.6 Å². The minimum Gasteiger partial charge on any atom is -0.487 e. The summed E-state index contributed by atoms with van der Waals surface area (Å²) < 4.78 is 12.1. The van der Waals surface area contributed by atoms with Gasteiger partial charge in [0, 0.05) is 12.0 Å². The van der Waals surface area contributed by atoms with Crippen LogP contribution in [0.4, 0.5) is 0 Å². The molecular weight excluding hydrogens is 350 g/mol. The number of ether oxygens (including phenoxy) is 2. The topological polar surface area (TPSA) is 47.6 Å². The maximum Gasteiger partial charge on any atom is 0.261 e. The lowest BCUT2D eigenvalue weighted by Gasteiger charge is -2.38. The van der Waals surface area contributed by atoms with E-state index in [0.717, 1.165) is 35.5 Å². The average molecular weight is 382 g/mol. The summed E-state index contributed by atoms with van der Waals surface area (Å²) in [5.41, 5.74) is 3.11. The third kappa shape index (κ3) is 4.67. The molecule has 2 aromatic rings. The predicted octanol–water partition coefficient (Wildman–Crippen LogP) is 5.13. The molecule has 0 fully saturated rings. The molecule has 2 aromatic carbocycles. The first-order valence-electron chi connectivity index (χ1n) is 10.2. The molecule has 1 heterocycles. The lowest BCUT2D eigenvalue weighted by Crippen LogP contribution is -2.45. The van der Waals surface area contributed by atoms with Gasteiger partial charge in [0.25, 0.3) is 5.91 Å². The van der Waals surface area contributed by atoms with E-state index in [1.54, 1.807) is 0 Å². The Morgan fingerprint density at radius 1 is 1.21 bits per heavy atom. The predicted molar refractivity (Wildman–Crippen MR) is 112 cm³/mol. The van der Waals surface area contributed by atoms with Crippen LogP contribution >= 0.6 is 0 Å². The van der Waals surface area contributed by atoms with Crippen molar-refractivity contribution < 1.29 is 14.3 Å². The highest BCUT2D eigenvalue weighted by atomic mass is 16.5. The van der Waals surface area contributed by atoms with E-state index in [4.69, 9.17) is 9.47 Å². The molecule has 0 aromatic heterocycles. The van der Waals surface area contributed by atoms with Crippen molar-refractivity contribution in [1.82, 2.24) is 5.32 Å². The van der Waals surface area contributed by atoms with E-state index in [0.29, 0.717) is 6.42 Å². The molecule has 0 bridgehead atoms. The molecular formula is C24H31NO3. The number of rotatable bonds is 6. The fraction of sp³-hybridized carbons (Fsp3) is 0.458. The van der Waals surface area contributed by atoms with Gasteiger partial charge < -0.3 is 14.8 Å². The normalized spacial score (nSPS) is 18.5. The van der Waals surface area contributed by atoms with Crippen LogP contribution in [0, 0.1) is 6.92 Å². The van der Waals surface area contributed by atoms with Gasteiger partial charge in [-0.05, 0) is 57.4 Å². The Hall–Kier alpha value is -2.49. The Balaban J connectivity index is 1.75. The van der Waals surface area contributed by atoms with Crippen molar-refractivity contribution in [2.75, 3.05) is 0 Å². The monoisotopic (exact) mass is 381 g/mol. The first kappa shape index (κ1) is 20.2. The number of amides is 1. The van der Waals surface area contributed by atoms with Gasteiger partial charge in [-0.15, -0.1) is 0 Å². The maximum absolute atomic E-state index is 13.0. The molecule has 1 aliphatic heterocycles. The number of benzene rings is 2. The number of fused-ring (bicyclic) bond motifs is 1. The molecule has 150 valence electrons. The molecule has 1 aliphatic rings. The molecule has 1 amide bonds. The van der Waals surface area contributed by atoms with Crippen LogP contribution in [-0.2, 0) is 11.2 Å². The van der Waals surface area contributed by atoms with Gasteiger partial charge >= 0.3 is 0 Å². The molecule has 28 heavy (non-hydrogen) atoms. The van der Waals surface area contributed by atoms with Crippen LogP contribution in [0.1, 0.15) is 63.3 Å². The van der Waals surface area contributed by atoms with Crippen molar-refractivity contribution in [3.8, 4) is 11.5 Å². The molecule has 4 heteroatoms. The Kier molecular flexibility index (Phi) is 5.97. The summed E-state index contributed by atoms with van der Waals surface area (Å²) in [5, 5.41) is 3.21. The highest BCUT2D eigenvalue weighted by Gasteiger charge is 2.35. The zero-order valence-electron chi connectivity index (χ0n) is 17.5. The van der Waals surface area contributed by atoms with Gasteiger partial charge in [-0.25, -0.2) is 0 Å². The van der Waals surface area contributed by atoms with Gasteiger partial charge in [-0.3, -0.25) is 4.79 Å². The van der Waals surface area contributed by atoms with E-state index in [2.05, 4.69) is 39.1 Å². The number of carbonyl (C=O) groups excluding carboxylic acids is 1. The summed E-state index contributed by atoms with van der Waals surface area (Å²) in [6.45, 7) is 10.2. The van der Waals surface area contributed by atoms with Crippen molar-refractivity contribution in [2.24, 2.45) is 0 Å². The SMILES string of the molecule is CCc1ccc(O[C@H](CC)C(=O)N[C@@H]2CC(C)(C)Oc3ccc(C)cc32)cc1. The minimum absolute atomic E-state index is 0.0859. The summed E-state index contributed by atoms with van der Waals surface area (Å²) in [6.07, 6.45) is 1.79. The molecule has 0 unspecified atom stereocenters. The van der Waals surface area contributed by atoms with Gasteiger partial charge in [0.15, 0.2) is 6.10 Å². The zero-order chi connectivity index (χ0) is 20.3. The van der Waals surface area contributed by atoms with Gasteiger partial charge in [-0.1, -0.05) is 43.7 Å². The fourth-order valence-electron chi connectivity index (χ4n) is 3.66. The van der Waals surface area contributed by atoms with E-state index < -0.39 is 6.10 Å². The molecule has 0 saturated carbocycles. The summed E-state index contributed by atoms with van der Waals surface area (Å²) in [4.78, 5) is 13.0. The zero-order valence-corrected chi connectivity index (χ0v) is 17.5. The fourth-order valence-corrected chi connectivity index (χ4v) is 3.66. The largest absolute Gasteiger partial charge is 0.487 e. The van der Waals surface area contributed by atoms with Crippen molar-refractivity contribution in [1.29, 1.82) is 0 Å². The molecule has 4 nitrogen and oxygen atoms in total. The lowest BCUT2D eigenvalue weighted by molar-refractivity contribution is -0.129. The summed E-state index contributed by atoms with van der Waals surface area (Å²) in [5.74, 6) is 1.48. The highest BCUT2D eigenvalue weighted by molar-refractivity contribution is 5.81. The Bertz CT molecular complexity index is 826. The van der Waals surface area contributed by atoms with E-state index in [1.165, 1.54) is 5.56 Å². The molecule has 1 N–H and O–H groups in total. The first-order chi connectivity index (χ1) is 13.3. The molecule has 3 rings (SSSR count). The Morgan fingerprint density at radius 2 is 1.93 bits per heavy atom. The van der Waals surface area contributed by atoms with E-state index in [1.807, 2.05) is 43.3 Å². The number of hydrogen-bond donors (Lipinski definition) is 1. The van der Waals surface area contributed by atoms with Gasteiger partial charge in [-0.2, -0.15) is 0 Å². The standard InChI is InChI=1S/C24H31NO3/c1-6-17-9-11-18(12-10-17)27-21(7-2)23(26)25-20-15-24(4,5)28-22-13-8-16(3)14-19(20)22/h8-14,20-21H,6-7,15H2,1-5H3,(H,25,26)/t20-,21-/m1/s1. The smallest absolute Gasteiger partial charge is 0.261 e. The van der Waals surface area contributed by atoms with Crippen LogP contribution in [0.15, 0.2) is 42.5 Å².